The monoisotopic (exact) mass is 330 g/mol. The van der Waals surface area contributed by atoms with Crippen LogP contribution in [0.5, 0.6) is 0 Å². The third-order valence-corrected chi connectivity index (χ3v) is 4.52. The molecule has 2 heterocycles. The van der Waals surface area contributed by atoms with Crippen molar-refractivity contribution in [2.24, 2.45) is 0 Å². The zero-order valence-corrected chi connectivity index (χ0v) is 13.7. The standard InChI is InChI=1S/C18H23FN4O/c19-16-6-4-15(5-7-16)17(23-9-1-2-10-23)13-20-18(24)8-3-14-11-21-22-12-14/h4-7,11-12,17H,1-3,8-10,13H2,(H,20,24)(H,21,22)/t17-/m0/s1. The second kappa shape index (κ2) is 8.06. The summed E-state index contributed by atoms with van der Waals surface area (Å²) in [5, 5.41) is 9.66. The van der Waals surface area contributed by atoms with E-state index in [0.29, 0.717) is 19.4 Å². The molecule has 5 nitrogen and oxygen atoms in total. The molecule has 1 amide bonds. The summed E-state index contributed by atoms with van der Waals surface area (Å²) in [5.41, 5.74) is 2.08. The summed E-state index contributed by atoms with van der Waals surface area (Å²) in [6.45, 7) is 2.59. The van der Waals surface area contributed by atoms with Gasteiger partial charge in [0.25, 0.3) is 0 Å². The minimum atomic E-state index is -0.233. The van der Waals surface area contributed by atoms with E-state index in [2.05, 4.69) is 20.4 Å². The smallest absolute Gasteiger partial charge is 0.220 e. The lowest BCUT2D eigenvalue weighted by Gasteiger charge is -2.28. The lowest BCUT2D eigenvalue weighted by atomic mass is 10.1. The highest BCUT2D eigenvalue weighted by Gasteiger charge is 2.23. The van der Waals surface area contributed by atoms with E-state index in [9.17, 15) is 9.18 Å². The quantitative estimate of drug-likeness (QED) is 0.820. The number of carbonyl (C=O) groups excluding carboxylic acids is 1. The third-order valence-electron chi connectivity index (χ3n) is 4.52. The fourth-order valence-corrected chi connectivity index (χ4v) is 3.17. The van der Waals surface area contributed by atoms with Crippen molar-refractivity contribution >= 4 is 5.91 Å². The van der Waals surface area contributed by atoms with Gasteiger partial charge in [-0.05, 0) is 55.6 Å². The number of likely N-dealkylation sites (tertiary alicyclic amines) is 1. The van der Waals surface area contributed by atoms with Gasteiger partial charge in [-0.25, -0.2) is 4.39 Å². The minimum Gasteiger partial charge on any atom is -0.354 e. The van der Waals surface area contributed by atoms with Crippen molar-refractivity contribution in [1.29, 1.82) is 0 Å². The van der Waals surface area contributed by atoms with Crippen LogP contribution in [0.15, 0.2) is 36.7 Å². The first-order valence-corrected chi connectivity index (χ1v) is 8.46. The first-order valence-electron chi connectivity index (χ1n) is 8.46. The van der Waals surface area contributed by atoms with E-state index in [0.717, 1.165) is 24.2 Å². The highest BCUT2D eigenvalue weighted by atomic mass is 19.1. The first-order chi connectivity index (χ1) is 11.7. The molecule has 0 saturated carbocycles. The van der Waals surface area contributed by atoms with Gasteiger partial charge in [-0.3, -0.25) is 14.8 Å². The topological polar surface area (TPSA) is 61.0 Å². The van der Waals surface area contributed by atoms with Crippen molar-refractivity contribution in [3.63, 3.8) is 0 Å². The van der Waals surface area contributed by atoms with E-state index in [-0.39, 0.29) is 17.8 Å². The summed E-state index contributed by atoms with van der Waals surface area (Å²) >= 11 is 0. The van der Waals surface area contributed by atoms with Gasteiger partial charge in [-0.2, -0.15) is 5.10 Å². The number of benzene rings is 1. The van der Waals surface area contributed by atoms with Crippen LogP contribution in [0.25, 0.3) is 0 Å². The van der Waals surface area contributed by atoms with Gasteiger partial charge < -0.3 is 5.32 Å². The molecule has 1 aliphatic heterocycles. The molecule has 1 atom stereocenters. The zero-order chi connectivity index (χ0) is 16.8. The summed E-state index contributed by atoms with van der Waals surface area (Å²) in [6, 6.07) is 6.70. The molecule has 2 aromatic rings. The number of nitrogens with one attached hydrogen (secondary N) is 2. The Labute approximate surface area is 141 Å². The largest absolute Gasteiger partial charge is 0.354 e. The van der Waals surface area contributed by atoms with Gasteiger partial charge in [0.05, 0.1) is 12.2 Å². The lowest BCUT2D eigenvalue weighted by molar-refractivity contribution is -0.121. The molecule has 1 saturated heterocycles. The summed E-state index contributed by atoms with van der Waals surface area (Å²) in [6.07, 6.45) is 7.00. The Morgan fingerprint density at radius 3 is 2.71 bits per heavy atom. The van der Waals surface area contributed by atoms with Crippen LogP contribution in [0, 0.1) is 5.82 Å². The number of carbonyl (C=O) groups is 1. The summed E-state index contributed by atoms with van der Waals surface area (Å²) < 4.78 is 13.2. The van der Waals surface area contributed by atoms with Crippen LogP contribution < -0.4 is 5.32 Å². The maximum Gasteiger partial charge on any atom is 0.220 e. The van der Waals surface area contributed by atoms with E-state index in [1.54, 1.807) is 12.4 Å². The van der Waals surface area contributed by atoms with Crippen LogP contribution in [0.1, 0.15) is 36.4 Å². The van der Waals surface area contributed by atoms with Crippen molar-refractivity contribution in [1.82, 2.24) is 20.4 Å². The summed E-state index contributed by atoms with van der Waals surface area (Å²) in [5.74, 6) is -0.203. The number of H-pyrrole nitrogens is 1. The molecular formula is C18H23FN4O. The van der Waals surface area contributed by atoms with Crippen molar-refractivity contribution in [2.45, 2.75) is 31.7 Å². The highest BCUT2D eigenvalue weighted by molar-refractivity contribution is 5.76. The molecule has 0 unspecified atom stereocenters. The Hall–Kier alpha value is -2.21. The predicted molar refractivity (Wildman–Crippen MR) is 89.9 cm³/mol. The molecule has 1 aromatic heterocycles. The number of rotatable bonds is 7. The molecule has 1 aliphatic rings. The van der Waals surface area contributed by atoms with Gasteiger partial charge in [0.2, 0.25) is 5.91 Å². The number of aryl methyl sites for hydroxylation is 1. The van der Waals surface area contributed by atoms with Crippen molar-refractivity contribution in [3.8, 4) is 0 Å². The summed E-state index contributed by atoms with van der Waals surface area (Å²) in [4.78, 5) is 14.5. The van der Waals surface area contributed by atoms with E-state index in [1.807, 2.05) is 12.1 Å². The molecule has 1 aromatic carbocycles. The maximum atomic E-state index is 13.2. The molecule has 0 radical (unpaired) electrons. The van der Waals surface area contributed by atoms with Gasteiger partial charge >= 0.3 is 0 Å². The Kier molecular flexibility index (Phi) is 5.59. The molecule has 24 heavy (non-hydrogen) atoms. The molecule has 0 spiro atoms. The van der Waals surface area contributed by atoms with Crippen LogP contribution in [0.3, 0.4) is 0 Å². The Morgan fingerprint density at radius 1 is 1.29 bits per heavy atom. The Morgan fingerprint density at radius 2 is 2.04 bits per heavy atom. The fourth-order valence-electron chi connectivity index (χ4n) is 3.17. The summed E-state index contributed by atoms with van der Waals surface area (Å²) in [7, 11) is 0. The molecule has 2 N–H and O–H groups in total. The third kappa shape index (κ3) is 4.41. The second-order valence-corrected chi connectivity index (χ2v) is 6.22. The van der Waals surface area contributed by atoms with Gasteiger partial charge in [-0.15, -0.1) is 0 Å². The molecule has 0 aliphatic carbocycles. The van der Waals surface area contributed by atoms with E-state index >= 15 is 0 Å². The number of nitrogens with zero attached hydrogens (tertiary/aromatic N) is 2. The fraction of sp³-hybridized carbons (Fsp3) is 0.444. The van der Waals surface area contributed by atoms with Crippen molar-refractivity contribution in [2.75, 3.05) is 19.6 Å². The average molecular weight is 330 g/mol. The molecular weight excluding hydrogens is 307 g/mol. The van der Waals surface area contributed by atoms with Crippen LogP contribution in [-0.2, 0) is 11.2 Å². The number of amides is 1. The van der Waals surface area contributed by atoms with E-state index < -0.39 is 0 Å². The Balaban J connectivity index is 1.57. The number of aromatic nitrogens is 2. The molecule has 3 rings (SSSR count). The van der Waals surface area contributed by atoms with Crippen LogP contribution in [0.2, 0.25) is 0 Å². The van der Waals surface area contributed by atoms with E-state index in [4.69, 9.17) is 0 Å². The number of halogens is 1. The Bertz CT molecular complexity index is 636. The molecule has 6 heteroatoms. The molecule has 0 bridgehead atoms. The SMILES string of the molecule is O=C(CCc1cn[nH]c1)NC[C@@H](c1ccc(F)cc1)N1CCCC1. The van der Waals surface area contributed by atoms with Crippen molar-refractivity contribution in [3.05, 3.63) is 53.6 Å². The van der Waals surface area contributed by atoms with Gasteiger partial charge in [0, 0.05) is 19.2 Å². The first kappa shape index (κ1) is 16.6. The van der Waals surface area contributed by atoms with Crippen LogP contribution >= 0.6 is 0 Å². The van der Waals surface area contributed by atoms with Crippen LogP contribution in [-0.4, -0.2) is 40.6 Å². The minimum absolute atomic E-state index is 0.0301. The lowest BCUT2D eigenvalue weighted by Crippen LogP contribution is -2.36. The predicted octanol–water partition coefficient (Wildman–Crippen LogP) is 2.43. The molecule has 128 valence electrons. The highest BCUT2D eigenvalue weighted by Crippen LogP contribution is 2.24. The van der Waals surface area contributed by atoms with E-state index in [1.165, 1.54) is 25.0 Å². The van der Waals surface area contributed by atoms with Gasteiger partial charge in [0.1, 0.15) is 5.82 Å². The van der Waals surface area contributed by atoms with Gasteiger partial charge in [0.15, 0.2) is 0 Å². The average Bonchev–Trinajstić information content (AvgIpc) is 3.28. The zero-order valence-electron chi connectivity index (χ0n) is 13.7. The molecule has 1 fully saturated rings. The maximum absolute atomic E-state index is 13.2. The van der Waals surface area contributed by atoms with Crippen molar-refractivity contribution < 1.29 is 9.18 Å². The van der Waals surface area contributed by atoms with Gasteiger partial charge in [-0.1, -0.05) is 12.1 Å². The number of hydrogen-bond acceptors (Lipinski definition) is 3. The second-order valence-electron chi connectivity index (χ2n) is 6.22. The number of aromatic amines is 1. The normalized spacial score (nSPS) is 16.2. The number of hydrogen-bond donors (Lipinski definition) is 2. The van der Waals surface area contributed by atoms with Crippen LogP contribution in [0.4, 0.5) is 4.39 Å².